The fourth-order valence-electron chi connectivity index (χ4n) is 3.86. The van der Waals surface area contributed by atoms with Crippen LogP contribution in [0.5, 0.6) is 0 Å². The average Bonchev–Trinajstić information content (AvgIpc) is 3.41. The van der Waals surface area contributed by atoms with Crippen LogP contribution in [0.25, 0.3) is 0 Å². The minimum Gasteiger partial charge on any atom is -0.278 e. The monoisotopic (exact) mass is 413 g/mol. The van der Waals surface area contributed by atoms with E-state index in [0.717, 1.165) is 12.8 Å². The van der Waals surface area contributed by atoms with Crippen molar-refractivity contribution in [3.05, 3.63) is 50.9 Å². The molecule has 8 heteroatoms. The molecule has 2 saturated carbocycles. The van der Waals surface area contributed by atoms with Gasteiger partial charge in [0.05, 0.1) is 0 Å². The summed E-state index contributed by atoms with van der Waals surface area (Å²) in [6.45, 7) is 0.883. The molecule has 1 aromatic heterocycles. The summed E-state index contributed by atoms with van der Waals surface area (Å²) in [4.78, 5) is 12.9. The molecule has 2 aliphatic carbocycles. The number of nitrogens with zero attached hydrogens (tertiary/aromatic N) is 3. The average molecular weight is 414 g/mol. The Bertz CT molecular complexity index is 890. The lowest BCUT2D eigenvalue weighted by Crippen LogP contribution is -2.32. The van der Waals surface area contributed by atoms with Gasteiger partial charge < -0.3 is 0 Å². The van der Waals surface area contributed by atoms with Gasteiger partial charge in [-0.15, -0.1) is 0 Å². The number of aromatic nitrogens is 3. The van der Waals surface area contributed by atoms with Gasteiger partial charge in [0, 0.05) is 42.9 Å². The van der Waals surface area contributed by atoms with E-state index < -0.39 is 11.7 Å². The van der Waals surface area contributed by atoms with Crippen molar-refractivity contribution < 1.29 is 13.2 Å². The third-order valence-electron chi connectivity index (χ3n) is 5.80. The van der Waals surface area contributed by atoms with E-state index in [1.165, 1.54) is 16.8 Å². The Labute approximate surface area is 166 Å². The van der Waals surface area contributed by atoms with Gasteiger partial charge >= 0.3 is 5.69 Å². The molecule has 0 amide bonds. The molecule has 0 N–H and O–H groups in total. The highest BCUT2D eigenvalue weighted by Crippen LogP contribution is 2.37. The molecule has 0 unspecified atom stereocenters. The summed E-state index contributed by atoms with van der Waals surface area (Å²) < 4.78 is 44.2. The minimum absolute atomic E-state index is 0.00857. The van der Waals surface area contributed by atoms with Gasteiger partial charge in [0.2, 0.25) is 5.92 Å². The fraction of sp³-hybridized carbons (Fsp3) is 0.600. The first-order valence-electron chi connectivity index (χ1n) is 9.79. The van der Waals surface area contributed by atoms with Gasteiger partial charge in [-0.25, -0.2) is 22.6 Å². The number of rotatable bonds is 6. The van der Waals surface area contributed by atoms with Crippen molar-refractivity contribution in [3.8, 4) is 0 Å². The first-order valence-corrected chi connectivity index (χ1v) is 10.2. The molecule has 4 nitrogen and oxygen atoms in total. The predicted molar refractivity (Wildman–Crippen MR) is 100 cm³/mol. The highest BCUT2D eigenvalue weighted by Gasteiger charge is 2.35. The maximum atomic E-state index is 14.2. The van der Waals surface area contributed by atoms with E-state index in [4.69, 9.17) is 11.6 Å². The first-order chi connectivity index (χ1) is 13.3. The van der Waals surface area contributed by atoms with Crippen molar-refractivity contribution in [3.63, 3.8) is 0 Å². The quantitative estimate of drug-likeness (QED) is 0.690. The van der Waals surface area contributed by atoms with Crippen LogP contribution in [0, 0.1) is 17.7 Å². The summed E-state index contributed by atoms with van der Waals surface area (Å²) in [5.41, 5.74) is 0.0517. The maximum absolute atomic E-state index is 14.2. The fourth-order valence-corrected chi connectivity index (χ4v) is 4.09. The molecule has 0 spiro atoms. The summed E-state index contributed by atoms with van der Waals surface area (Å²) in [7, 11) is 0. The van der Waals surface area contributed by atoms with Crippen LogP contribution in [0.15, 0.2) is 23.0 Å². The highest BCUT2D eigenvalue weighted by atomic mass is 35.5. The maximum Gasteiger partial charge on any atom is 0.345 e. The Morgan fingerprint density at radius 3 is 2.43 bits per heavy atom. The standard InChI is InChI=1S/C20H23ClF3N3O/c21-16-2-1-3-17(22)15(16)10-18-25-27(12-13-4-5-13)19(28)26(18)11-14-6-8-20(23,24)9-7-14/h1-3,13-14H,4-12H2. The zero-order chi connectivity index (χ0) is 19.9. The zero-order valence-corrected chi connectivity index (χ0v) is 16.3. The lowest BCUT2D eigenvalue weighted by molar-refractivity contribution is -0.0474. The summed E-state index contributed by atoms with van der Waals surface area (Å²) in [5.74, 6) is -2.16. The molecule has 2 fully saturated rings. The van der Waals surface area contributed by atoms with Gasteiger partial charge in [0.15, 0.2) is 0 Å². The number of hydrogen-bond acceptors (Lipinski definition) is 2. The Morgan fingerprint density at radius 1 is 1.11 bits per heavy atom. The lowest BCUT2D eigenvalue weighted by Gasteiger charge is -2.28. The second kappa shape index (κ2) is 7.58. The summed E-state index contributed by atoms with van der Waals surface area (Å²) >= 11 is 6.15. The largest absolute Gasteiger partial charge is 0.345 e. The first kappa shape index (κ1) is 19.6. The van der Waals surface area contributed by atoms with Crippen molar-refractivity contribution in [1.82, 2.24) is 14.3 Å². The van der Waals surface area contributed by atoms with E-state index in [9.17, 15) is 18.0 Å². The van der Waals surface area contributed by atoms with Crippen molar-refractivity contribution in [1.29, 1.82) is 0 Å². The van der Waals surface area contributed by atoms with Crippen LogP contribution in [0.4, 0.5) is 13.2 Å². The van der Waals surface area contributed by atoms with E-state index in [2.05, 4.69) is 5.10 Å². The molecular formula is C20H23ClF3N3O. The van der Waals surface area contributed by atoms with E-state index in [1.807, 2.05) is 0 Å². The van der Waals surface area contributed by atoms with E-state index in [-0.39, 0.29) is 35.9 Å². The topological polar surface area (TPSA) is 39.8 Å². The van der Waals surface area contributed by atoms with E-state index >= 15 is 0 Å². The second-order valence-corrected chi connectivity index (χ2v) is 8.52. The van der Waals surface area contributed by atoms with Gasteiger partial charge in [0.1, 0.15) is 11.6 Å². The zero-order valence-electron chi connectivity index (χ0n) is 15.5. The smallest absolute Gasteiger partial charge is 0.278 e. The number of alkyl halides is 2. The number of halogens is 4. The molecule has 0 atom stereocenters. The molecule has 0 saturated heterocycles. The van der Waals surface area contributed by atoms with E-state index in [0.29, 0.717) is 43.2 Å². The Hall–Kier alpha value is -1.76. The van der Waals surface area contributed by atoms with Crippen molar-refractivity contribution in [2.75, 3.05) is 0 Å². The molecule has 1 aromatic carbocycles. The molecule has 2 aromatic rings. The van der Waals surface area contributed by atoms with Crippen LogP contribution in [0.2, 0.25) is 5.02 Å². The number of benzene rings is 1. The predicted octanol–water partition coefficient (Wildman–Crippen LogP) is 4.66. The molecule has 152 valence electrons. The molecule has 0 aliphatic heterocycles. The van der Waals surface area contributed by atoms with Crippen molar-refractivity contribution in [2.24, 2.45) is 11.8 Å². The third kappa shape index (κ3) is 4.29. The molecule has 28 heavy (non-hydrogen) atoms. The van der Waals surface area contributed by atoms with Crippen LogP contribution in [0.3, 0.4) is 0 Å². The lowest BCUT2D eigenvalue weighted by atomic mass is 9.86. The molecule has 1 heterocycles. The highest BCUT2D eigenvalue weighted by molar-refractivity contribution is 6.31. The van der Waals surface area contributed by atoms with E-state index in [1.54, 1.807) is 10.6 Å². The number of hydrogen-bond donors (Lipinski definition) is 0. The second-order valence-electron chi connectivity index (χ2n) is 8.11. The van der Waals surface area contributed by atoms with Gasteiger partial charge in [-0.2, -0.15) is 5.10 Å². The Balaban J connectivity index is 1.61. The van der Waals surface area contributed by atoms with Crippen molar-refractivity contribution >= 4 is 11.6 Å². The van der Waals surface area contributed by atoms with Crippen LogP contribution in [0.1, 0.15) is 49.9 Å². The molecule has 2 aliphatic rings. The summed E-state index contributed by atoms with van der Waals surface area (Å²) in [5, 5.41) is 4.74. The molecule has 0 bridgehead atoms. The summed E-state index contributed by atoms with van der Waals surface area (Å²) in [6.07, 6.45) is 2.67. The van der Waals surface area contributed by atoms with Crippen LogP contribution in [-0.4, -0.2) is 20.3 Å². The van der Waals surface area contributed by atoms with Crippen LogP contribution >= 0.6 is 11.6 Å². The minimum atomic E-state index is -2.61. The molecule has 0 radical (unpaired) electrons. The normalized spacial score (nSPS) is 19.9. The van der Waals surface area contributed by atoms with Gasteiger partial charge in [-0.3, -0.25) is 4.57 Å². The molecule has 4 rings (SSSR count). The Kier molecular flexibility index (Phi) is 5.29. The Morgan fingerprint density at radius 2 is 1.79 bits per heavy atom. The SMILES string of the molecule is O=c1n(CC2CC2)nc(Cc2c(F)cccc2Cl)n1CC1CCC(F)(F)CC1. The van der Waals surface area contributed by atoms with Gasteiger partial charge in [0.25, 0.3) is 0 Å². The van der Waals surface area contributed by atoms with Crippen LogP contribution in [-0.2, 0) is 19.5 Å². The third-order valence-corrected chi connectivity index (χ3v) is 6.16. The van der Waals surface area contributed by atoms with Crippen LogP contribution < -0.4 is 5.69 Å². The summed E-state index contributed by atoms with van der Waals surface area (Å²) in [6, 6.07) is 4.46. The molecular weight excluding hydrogens is 391 g/mol. The van der Waals surface area contributed by atoms with Gasteiger partial charge in [-0.05, 0) is 49.7 Å². The van der Waals surface area contributed by atoms with Crippen molar-refractivity contribution in [2.45, 2.75) is 64.0 Å². The van der Waals surface area contributed by atoms with Gasteiger partial charge in [-0.1, -0.05) is 17.7 Å².